The third kappa shape index (κ3) is 3.31. The molecule has 24 heavy (non-hydrogen) atoms. The van der Waals surface area contributed by atoms with Gasteiger partial charge >= 0.3 is 6.03 Å². The number of benzene rings is 1. The van der Waals surface area contributed by atoms with Crippen LogP contribution in [0.4, 0.5) is 4.79 Å². The Bertz CT molecular complexity index is 664. The summed E-state index contributed by atoms with van der Waals surface area (Å²) in [5, 5.41) is 3.13. The van der Waals surface area contributed by atoms with Gasteiger partial charge in [-0.25, -0.2) is 4.79 Å². The number of amides is 4. The molecule has 8 heteroatoms. The van der Waals surface area contributed by atoms with Gasteiger partial charge in [-0.05, 0) is 37.1 Å². The molecule has 2 aliphatic rings. The SMILES string of the molecule is NC(=O)NC1(C(=O)N2CCN(C(=O)c3ccc(Cl)cc3)CC2)CC1. The fraction of sp³-hybridized carbons (Fsp3) is 0.438. The first-order chi connectivity index (χ1) is 11.4. The summed E-state index contributed by atoms with van der Waals surface area (Å²) in [6.45, 7) is 1.81. The second-order valence-electron chi connectivity index (χ2n) is 6.16. The average molecular weight is 351 g/mol. The molecule has 3 rings (SSSR count). The molecule has 2 fully saturated rings. The second-order valence-corrected chi connectivity index (χ2v) is 6.60. The van der Waals surface area contributed by atoms with E-state index in [4.69, 9.17) is 17.3 Å². The predicted octanol–water partition coefficient (Wildman–Crippen LogP) is 0.825. The van der Waals surface area contributed by atoms with Crippen molar-refractivity contribution in [2.24, 2.45) is 5.73 Å². The number of carbonyl (C=O) groups is 3. The van der Waals surface area contributed by atoms with Gasteiger partial charge in [0.05, 0.1) is 0 Å². The molecule has 0 unspecified atom stereocenters. The van der Waals surface area contributed by atoms with Crippen molar-refractivity contribution in [2.45, 2.75) is 18.4 Å². The summed E-state index contributed by atoms with van der Waals surface area (Å²) in [5.41, 5.74) is 4.89. The van der Waals surface area contributed by atoms with Crippen molar-refractivity contribution in [1.29, 1.82) is 0 Å². The third-order valence-electron chi connectivity index (χ3n) is 4.47. The van der Waals surface area contributed by atoms with Crippen molar-refractivity contribution < 1.29 is 14.4 Å². The van der Waals surface area contributed by atoms with E-state index in [1.54, 1.807) is 34.1 Å². The number of urea groups is 1. The number of hydrogen-bond donors (Lipinski definition) is 2. The first-order valence-corrected chi connectivity index (χ1v) is 8.21. The van der Waals surface area contributed by atoms with E-state index in [1.807, 2.05) is 0 Å². The quantitative estimate of drug-likeness (QED) is 0.845. The summed E-state index contributed by atoms with van der Waals surface area (Å²) in [5.74, 6) is -0.185. The minimum Gasteiger partial charge on any atom is -0.352 e. The molecule has 0 radical (unpaired) electrons. The van der Waals surface area contributed by atoms with E-state index in [0.717, 1.165) is 0 Å². The van der Waals surface area contributed by atoms with Crippen molar-refractivity contribution in [3.63, 3.8) is 0 Å². The van der Waals surface area contributed by atoms with E-state index in [-0.39, 0.29) is 11.8 Å². The Labute approximate surface area is 144 Å². The first kappa shape index (κ1) is 16.6. The molecule has 0 atom stereocenters. The minimum atomic E-state index is -0.825. The second kappa shape index (κ2) is 6.32. The topological polar surface area (TPSA) is 95.7 Å². The van der Waals surface area contributed by atoms with Gasteiger partial charge in [0.2, 0.25) is 5.91 Å². The summed E-state index contributed by atoms with van der Waals surface area (Å²) in [7, 11) is 0. The van der Waals surface area contributed by atoms with Crippen LogP contribution in [-0.4, -0.2) is 59.4 Å². The molecule has 1 heterocycles. The van der Waals surface area contributed by atoms with Gasteiger partial charge in [-0.3, -0.25) is 9.59 Å². The van der Waals surface area contributed by atoms with E-state index in [0.29, 0.717) is 49.6 Å². The molecule has 4 amide bonds. The summed E-state index contributed by atoms with van der Waals surface area (Å²) in [4.78, 5) is 39.4. The Kier molecular flexibility index (Phi) is 4.36. The van der Waals surface area contributed by atoms with Crippen LogP contribution in [0.1, 0.15) is 23.2 Å². The number of nitrogens with two attached hydrogens (primary N) is 1. The highest BCUT2D eigenvalue weighted by atomic mass is 35.5. The lowest BCUT2D eigenvalue weighted by Gasteiger charge is -2.36. The van der Waals surface area contributed by atoms with E-state index < -0.39 is 11.6 Å². The zero-order valence-electron chi connectivity index (χ0n) is 13.1. The van der Waals surface area contributed by atoms with E-state index >= 15 is 0 Å². The van der Waals surface area contributed by atoms with Crippen molar-refractivity contribution in [2.75, 3.05) is 26.2 Å². The first-order valence-electron chi connectivity index (χ1n) is 7.83. The summed E-state index contributed by atoms with van der Waals surface area (Å²) >= 11 is 5.83. The van der Waals surface area contributed by atoms with Crippen LogP contribution in [0.2, 0.25) is 5.02 Å². The van der Waals surface area contributed by atoms with Crippen LogP contribution >= 0.6 is 11.6 Å². The zero-order valence-corrected chi connectivity index (χ0v) is 13.9. The van der Waals surface area contributed by atoms with Crippen LogP contribution < -0.4 is 11.1 Å². The maximum absolute atomic E-state index is 12.5. The lowest BCUT2D eigenvalue weighted by atomic mass is 10.1. The van der Waals surface area contributed by atoms with E-state index in [9.17, 15) is 14.4 Å². The highest BCUT2D eigenvalue weighted by Crippen LogP contribution is 2.37. The molecular formula is C16H19ClN4O3. The molecule has 0 bridgehead atoms. The average Bonchev–Trinajstić information content (AvgIpc) is 3.34. The number of nitrogens with one attached hydrogen (secondary N) is 1. The fourth-order valence-corrected chi connectivity index (χ4v) is 3.07. The monoisotopic (exact) mass is 350 g/mol. The standard InChI is InChI=1S/C16H19ClN4O3/c17-12-3-1-11(2-4-12)13(22)20-7-9-21(10-8-20)14(23)16(5-6-16)19-15(18)24/h1-4H,5-10H2,(H3,18,19,24). The Morgan fingerprint density at radius 2 is 1.54 bits per heavy atom. The van der Waals surface area contributed by atoms with Crippen molar-refractivity contribution in [3.8, 4) is 0 Å². The van der Waals surface area contributed by atoms with E-state index in [2.05, 4.69) is 5.32 Å². The Morgan fingerprint density at radius 1 is 1.00 bits per heavy atom. The van der Waals surface area contributed by atoms with Gasteiger partial charge < -0.3 is 20.9 Å². The molecule has 7 nitrogen and oxygen atoms in total. The van der Waals surface area contributed by atoms with Crippen LogP contribution in [-0.2, 0) is 4.79 Å². The van der Waals surface area contributed by atoms with Gasteiger partial charge in [0.15, 0.2) is 0 Å². The number of carbonyl (C=O) groups excluding carboxylic acids is 3. The summed E-state index contributed by atoms with van der Waals surface area (Å²) in [6.07, 6.45) is 1.22. The largest absolute Gasteiger partial charge is 0.352 e. The van der Waals surface area contributed by atoms with Gasteiger partial charge in [-0.2, -0.15) is 0 Å². The number of rotatable bonds is 3. The number of nitrogens with zero attached hydrogens (tertiary/aromatic N) is 2. The molecule has 0 aromatic heterocycles. The lowest BCUT2D eigenvalue weighted by Crippen LogP contribution is -2.57. The van der Waals surface area contributed by atoms with Crippen molar-refractivity contribution >= 4 is 29.4 Å². The molecule has 1 saturated carbocycles. The number of piperazine rings is 1. The number of halogens is 1. The van der Waals surface area contributed by atoms with Crippen LogP contribution in [0.25, 0.3) is 0 Å². The highest BCUT2D eigenvalue weighted by molar-refractivity contribution is 6.30. The zero-order chi connectivity index (χ0) is 17.3. The van der Waals surface area contributed by atoms with Crippen molar-refractivity contribution in [1.82, 2.24) is 15.1 Å². The number of hydrogen-bond acceptors (Lipinski definition) is 3. The smallest absolute Gasteiger partial charge is 0.313 e. The molecule has 1 aromatic carbocycles. The highest BCUT2D eigenvalue weighted by Gasteiger charge is 2.53. The van der Waals surface area contributed by atoms with Gasteiger partial charge in [0, 0.05) is 36.8 Å². The molecule has 1 aliphatic carbocycles. The number of primary amides is 1. The van der Waals surface area contributed by atoms with Gasteiger partial charge in [0.25, 0.3) is 5.91 Å². The molecule has 1 aliphatic heterocycles. The summed E-state index contributed by atoms with van der Waals surface area (Å²) < 4.78 is 0. The molecule has 3 N–H and O–H groups in total. The van der Waals surface area contributed by atoms with E-state index in [1.165, 1.54) is 0 Å². The molecule has 0 spiro atoms. The van der Waals surface area contributed by atoms with Crippen molar-refractivity contribution in [3.05, 3.63) is 34.9 Å². The lowest BCUT2D eigenvalue weighted by molar-refractivity contribution is -0.135. The Hall–Kier alpha value is -2.28. The third-order valence-corrected chi connectivity index (χ3v) is 4.72. The molecule has 1 aromatic rings. The maximum atomic E-state index is 12.5. The Morgan fingerprint density at radius 3 is 2.04 bits per heavy atom. The van der Waals surface area contributed by atoms with Crippen LogP contribution in [0.3, 0.4) is 0 Å². The Balaban J connectivity index is 1.58. The van der Waals surface area contributed by atoms with Gasteiger partial charge in [-0.1, -0.05) is 11.6 Å². The fourth-order valence-electron chi connectivity index (χ4n) is 2.94. The molecular weight excluding hydrogens is 332 g/mol. The normalized spacial score (nSPS) is 18.9. The molecule has 1 saturated heterocycles. The van der Waals surface area contributed by atoms with Crippen LogP contribution in [0, 0.1) is 0 Å². The molecule has 128 valence electrons. The maximum Gasteiger partial charge on any atom is 0.313 e. The van der Waals surface area contributed by atoms with Gasteiger partial charge in [-0.15, -0.1) is 0 Å². The minimum absolute atomic E-state index is 0.0739. The van der Waals surface area contributed by atoms with Crippen LogP contribution in [0.15, 0.2) is 24.3 Å². The summed E-state index contributed by atoms with van der Waals surface area (Å²) in [6, 6.07) is 6.07. The van der Waals surface area contributed by atoms with Crippen LogP contribution in [0.5, 0.6) is 0 Å². The predicted molar refractivity (Wildman–Crippen MR) is 88.6 cm³/mol. The van der Waals surface area contributed by atoms with Gasteiger partial charge in [0.1, 0.15) is 5.54 Å².